The Bertz CT molecular complexity index is 463. The van der Waals surface area contributed by atoms with Gasteiger partial charge in [-0.2, -0.15) is 5.10 Å². The second-order valence-corrected chi connectivity index (χ2v) is 4.53. The number of nitrogens with two attached hydrogens (primary N) is 1. The molecule has 0 fully saturated rings. The monoisotopic (exact) mass is 233 g/mol. The molecule has 84 valence electrons. The van der Waals surface area contributed by atoms with E-state index in [1.54, 1.807) is 7.05 Å². The fraction of sp³-hybridized carbons (Fsp3) is 0.333. The highest BCUT2D eigenvalue weighted by Crippen LogP contribution is 2.04. The summed E-state index contributed by atoms with van der Waals surface area (Å²) >= 11 is 0. The molecule has 0 bridgehead atoms. The van der Waals surface area contributed by atoms with Crippen LogP contribution in [0, 0.1) is 0 Å². The molecule has 8 nitrogen and oxygen atoms in total. The molecule has 0 aliphatic carbocycles. The summed E-state index contributed by atoms with van der Waals surface area (Å²) in [6.07, 6.45) is 2.54. The highest BCUT2D eigenvalue weighted by atomic mass is 32.2. The first-order valence-corrected chi connectivity index (χ1v) is 5.39. The largest absolute Gasteiger partial charge is 0.409 e. The molecule has 1 heterocycles. The minimum atomic E-state index is -3.65. The van der Waals surface area contributed by atoms with E-state index in [1.807, 2.05) is 0 Å². The van der Waals surface area contributed by atoms with Crippen LogP contribution in [0.2, 0.25) is 0 Å². The summed E-state index contributed by atoms with van der Waals surface area (Å²) < 4.78 is 26.5. The van der Waals surface area contributed by atoms with Gasteiger partial charge in [0.25, 0.3) is 0 Å². The molecule has 0 radical (unpaired) electrons. The second-order valence-electron chi connectivity index (χ2n) is 2.77. The van der Waals surface area contributed by atoms with Crippen molar-refractivity contribution >= 4 is 15.9 Å². The molecule has 15 heavy (non-hydrogen) atoms. The van der Waals surface area contributed by atoms with Gasteiger partial charge in [-0.1, -0.05) is 5.16 Å². The molecule has 9 heteroatoms. The standard InChI is InChI=1S/C6H11N5O3S/c1-11-4-5(2-8-11)15(13,14)9-3-6(7)10-12/h2,4,9,12H,3H2,1H3,(H2,7,10). The number of amidine groups is 1. The molecule has 0 aromatic carbocycles. The number of nitrogens with zero attached hydrogens (tertiary/aromatic N) is 3. The molecule has 1 rings (SSSR count). The van der Waals surface area contributed by atoms with Gasteiger partial charge >= 0.3 is 0 Å². The Morgan fingerprint density at radius 2 is 2.47 bits per heavy atom. The predicted molar refractivity (Wildman–Crippen MR) is 51.8 cm³/mol. The molecule has 0 atom stereocenters. The summed E-state index contributed by atoms with van der Waals surface area (Å²) in [6.45, 7) is -0.256. The highest BCUT2D eigenvalue weighted by molar-refractivity contribution is 7.89. The molecule has 0 saturated carbocycles. The lowest BCUT2D eigenvalue weighted by Crippen LogP contribution is -2.33. The van der Waals surface area contributed by atoms with Crippen LogP contribution < -0.4 is 10.5 Å². The fourth-order valence-corrected chi connectivity index (χ4v) is 1.81. The molecule has 0 spiro atoms. The number of sulfonamides is 1. The van der Waals surface area contributed by atoms with Crippen molar-refractivity contribution < 1.29 is 13.6 Å². The van der Waals surface area contributed by atoms with Gasteiger partial charge < -0.3 is 10.9 Å². The Morgan fingerprint density at radius 3 is 2.93 bits per heavy atom. The maximum absolute atomic E-state index is 11.5. The molecule has 0 aliphatic heterocycles. The number of aromatic nitrogens is 2. The van der Waals surface area contributed by atoms with Crippen LogP contribution in [0.4, 0.5) is 0 Å². The minimum absolute atomic E-state index is 0.0238. The van der Waals surface area contributed by atoms with Crippen LogP contribution in [0.25, 0.3) is 0 Å². The van der Waals surface area contributed by atoms with Gasteiger partial charge in [0.2, 0.25) is 10.0 Å². The zero-order valence-electron chi connectivity index (χ0n) is 7.95. The predicted octanol–water partition coefficient (Wildman–Crippen LogP) is -1.56. The van der Waals surface area contributed by atoms with Crippen LogP contribution in [0.5, 0.6) is 0 Å². The van der Waals surface area contributed by atoms with Gasteiger partial charge in [0.1, 0.15) is 4.90 Å². The molecule has 0 aliphatic rings. The summed E-state index contributed by atoms with van der Waals surface area (Å²) in [5, 5.41) is 14.6. The number of hydrogen-bond donors (Lipinski definition) is 3. The summed E-state index contributed by atoms with van der Waals surface area (Å²) in [5.41, 5.74) is 5.12. The molecule has 4 N–H and O–H groups in total. The van der Waals surface area contributed by atoms with Gasteiger partial charge in [-0.05, 0) is 0 Å². The molecule has 0 saturated heterocycles. The van der Waals surface area contributed by atoms with E-state index >= 15 is 0 Å². The van der Waals surface area contributed by atoms with Gasteiger partial charge in [0.15, 0.2) is 5.84 Å². The number of hydrogen-bond acceptors (Lipinski definition) is 5. The van der Waals surface area contributed by atoms with Crippen LogP contribution in [0.3, 0.4) is 0 Å². The van der Waals surface area contributed by atoms with Crippen LogP contribution in [-0.2, 0) is 17.1 Å². The first-order chi connectivity index (χ1) is 6.95. The average Bonchev–Trinajstić information content (AvgIpc) is 2.62. The zero-order valence-corrected chi connectivity index (χ0v) is 8.77. The molecule has 1 aromatic rings. The van der Waals surface area contributed by atoms with E-state index < -0.39 is 10.0 Å². The summed E-state index contributed by atoms with van der Waals surface area (Å²) in [5.74, 6) is -0.220. The van der Waals surface area contributed by atoms with E-state index in [-0.39, 0.29) is 17.3 Å². The summed E-state index contributed by atoms with van der Waals surface area (Å²) in [7, 11) is -2.05. The maximum Gasteiger partial charge on any atom is 0.244 e. The van der Waals surface area contributed by atoms with Gasteiger partial charge in [-0.25, -0.2) is 13.1 Å². The third-order valence-corrected chi connectivity index (χ3v) is 2.92. The van der Waals surface area contributed by atoms with Gasteiger partial charge in [-0.15, -0.1) is 0 Å². The van der Waals surface area contributed by atoms with E-state index in [0.717, 1.165) is 0 Å². The Hall–Kier alpha value is -1.61. The molecule has 0 amide bonds. The Morgan fingerprint density at radius 1 is 1.80 bits per heavy atom. The third-order valence-electron chi connectivity index (χ3n) is 1.56. The Labute approximate surface area is 86.4 Å². The van der Waals surface area contributed by atoms with Crippen molar-refractivity contribution in [3.05, 3.63) is 12.4 Å². The summed E-state index contributed by atoms with van der Waals surface area (Å²) in [4.78, 5) is 0.0238. The Kier molecular flexibility index (Phi) is 3.27. The quantitative estimate of drug-likeness (QED) is 0.251. The van der Waals surface area contributed by atoms with Crippen LogP contribution in [-0.4, -0.2) is 35.8 Å². The molecule has 1 aromatic heterocycles. The SMILES string of the molecule is Cn1cc(S(=O)(=O)NCC(N)=NO)cn1. The summed E-state index contributed by atoms with van der Waals surface area (Å²) in [6, 6.07) is 0. The van der Waals surface area contributed by atoms with Gasteiger partial charge in [0.05, 0.1) is 12.7 Å². The number of aryl methyl sites for hydroxylation is 1. The van der Waals surface area contributed by atoms with Crippen molar-refractivity contribution in [3.63, 3.8) is 0 Å². The van der Waals surface area contributed by atoms with Crippen molar-refractivity contribution in [2.75, 3.05) is 6.54 Å². The van der Waals surface area contributed by atoms with Crippen LogP contribution in [0.1, 0.15) is 0 Å². The van der Waals surface area contributed by atoms with Crippen molar-refractivity contribution in [1.29, 1.82) is 0 Å². The van der Waals surface area contributed by atoms with Crippen molar-refractivity contribution in [2.24, 2.45) is 17.9 Å². The average molecular weight is 233 g/mol. The van der Waals surface area contributed by atoms with Crippen molar-refractivity contribution in [1.82, 2.24) is 14.5 Å². The smallest absolute Gasteiger partial charge is 0.244 e. The minimum Gasteiger partial charge on any atom is -0.409 e. The zero-order chi connectivity index (χ0) is 11.5. The van der Waals surface area contributed by atoms with Crippen molar-refractivity contribution in [2.45, 2.75) is 4.90 Å². The second kappa shape index (κ2) is 4.28. The lowest BCUT2D eigenvalue weighted by Gasteiger charge is -2.02. The van der Waals surface area contributed by atoms with E-state index in [2.05, 4.69) is 15.0 Å². The lowest BCUT2D eigenvalue weighted by atomic mass is 10.6. The van der Waals surface area contributed by atoms with Gasteiger partial charge in [-0.3, -0.25) is 4.68 Å². The molecular formula is C6H11N5O3S. The van der Waals surface area contributed by atoms with Gasteiger partial charge in [0, 0.05) is 13.2 Å². The normalized spacial score (nSPS) is 13.0. The van der Waals surface area contributed by atoms with E-state index in [0.29, 0.717) is 0 Å². The van der Waals surface area contributed by atoms with E-state index in [9.17, 15) is 8.42 Å². The Balaban J connectivity index is 2.77. The molecule has 0 unspecified atom stereocenters. The molecular weight excluding hydrogens is 222 g/mol. The van der Waals surface area contributed by atoms with Crippen molar-refractivity contribution in [3.8, 4) is 0 Å². The maximum atomic E-state index is 11.5. The van der Waals surface area contributed by atoms with E-state index in [1.165, 1.54) is 17.1 Å². The van der Waals surface area contributed by atoms with E-state index in [4.69, 9.17) is 10.9 Å². The first-order valence-electron chi connectivity index (χ1n) is 3.90. The number of nitrogens with one attached hydrogen (secondary N) is 1. The lowest BCUT2D eigenvalue weighted by molar-refractivity contribution is 0.317. The number of rotatable bonds is 4. The first kappa shape index (κ1) is 11.5. The fourth-order valence-electron chi connectivity index (χ4n) is 0.825. The third kappa shape index (κ3) is 2.92. The van der Waals surface area contributed by atoms with Crippen LogP contribution in [0.15, 0.2) is 22.4 Å². The number of oxime groups is 1. The van der Waals surface area contributed by atoms with Crippen LogP contribution >= 0.6 is 0 Å². The topological polar surface area (TPSA) is 123 Å². The highest BCUT2D eigenvalue weighted by Gasteiger charge is 2.15.